The van der Waals surface area contributed by atoms with E-state index < -0.39 is 0 Å². The van der Waals surface area contributed by atoms with Gasteiger partial charge in [0.1, 0.15) is 11.6 Å². The molecule has 0 aliphatic rings. The van der Waals surface area contributed by atoms with Gasteiger partial charge in [-0.2, -0.15) is 0 Å². The summed E-state index contributed by atoms with van der Waals surface area (Å²) in [5.74, 6) is 1.50. The first-order chi connectivity index (χ1) is 11.0. The Morgan fingerprint density at radius 3 is 2.74 bits per heavy atom. The molecule has 23 heavy (non-hydrogen) atoms. The SMILES string of the molecule is COc1ccc2cc(CNc3cc(C)cc(C)n3)c(=O)[nH]c2c1. The molecule has 2 N–H and O–H groups in total. The molecule has 1 aromatic carbocycles. The van der Waals surface area contributed by atoms with Gasteiger partial charge in [0.2, 0.25) is 0 Å². The van der Waals surface area contributed by atoms with E-state index in [1.807, 2.05) is 50.2 Å². The van der Waals surface area contributed by atoms with Crippen LogP contribution in [0.3, 0.4) is 0 Å². The smallest absolute Gasteiger partial charge is 0.253 e. The average Bonchev–Trinajstić information content (AvgIpc) is 2.51. The molecule has 0 saturated carbocycles. The number of rotatable bonds is 4. The number of aryl methyl sites for hydroxylation is 2. The molecule has 2 aromatic heterocycles. The van der Waals surface area contributed by atoms with Crippen LogP contribution in [0.15, 0.2) is 41.2 Å². The molecule has 0 amide bonds. The molecule has 3 rings (SSSR count). The molecule has 0 fully saturated rings. The fourth-order valence-corrected chi connectivity index (χ4v) is 2.60. The predicted octanol–water partition coefficient (Wildman–Crippen LogP) is 3.16. The van der Waals surface area contributed by atoms with Crippen molar-refractivity contribution in [3.8, 4) is 5.75 Å². The second-order valence-electron chi connectivity index (χ2n) is 5.60. The van der Waals surface area contributed by atoms with E-state index in [-0.39, 0.29) is 5.56 Å². The topological polar surface area (TPSA) is 67.0 Å². The summed E-state index contributed by atoms with van der Waals surface area (Å²) in [7, 11) is 1.61. The second-order valence-corrected chi connectivity index (χ2v) is 5.60. The number of aromatic amines is 1. The summed E-state index contributed by atoms with van der Waals surface area (Å²) in [5.41, 5.74) is 3.42. The number of methoxy groups -OCH3 is 1. The summed E-state index contributed by atoms with van der Waals surface area (Å²) in [6.45, 7) is 4.40. The first kappa shape index (κ1) is 15.1. The third kappa shape index (κ3) is 3.34. The number of anilines is 1. The fraction of sp³-hybridized carbons (Fsp3) is 0.222. The lowest BCUT2D eigenvalue weighted by molar-refractivity contribution is 0.415. The number of benzene rings is 1. The zero-order chi connectivity index (χ0) is 16.4. The Hall–Kier alpha value is -2.82. The Labute approximate surface area is 134 Å². The minimum atomic E-state index is -0.109. The normalized spacial score (nSPS) is 10.7. The maximum Gasteiger partial charge on any atom is 0.253 e. The van der Waals surface area contributed by atoms with Gasteiger partial charge in [-0.15, -0.1) is 0 Å². The van der Waals surface area contributed by atoms with Crippen LogP contribution in [0.1, 0.15) is 16.8 Å². The molecule has 0 bridgehead atoms. The maximum atomic E-state index is 12.2. The summed E-state index contributed by atoms with van der Waals surface area (Å²) >= 11 is 0. The highest BCUT2D eigenvalue weighted by atomic mass is 16.5. The van der Waals surface area contributed by atoms with E-state index in [1.165, 1.54) is 0 Å². The van der Waals surface area contributed by atoms with Crippen LogP contribution in [0.2, 0.25) is 0 Å². The molecule has 0 aliphatic heterocycles. The summed E-state index contributed by atoms with van der Waals surface area (Å²) in [6, 6.07) is 11.5. The Balaban J connectivity index is 1.88. The number of hydrogen-bond acceptors (Lipinski definition) is 4. The Bertz CT molecular complexity index is 896. The lowest BCUT2D eigenvalue weighted by Crippen LogP contribution is -2.16. The van der Waals surface area contributed by atoms with Crippen molar-refractivity contribution in [3.05, 3.63) is 63.6 Å². The number of pyridine rings is 2. The number of hydrogen-bond donors (Lipinski definition) is 2. The zero-order valence-corrected chi connectivity index (χ0v) is 13.4. The minimum absolute atomic E-state index is 0.109. The highest BCUT2D eigenvalue weighted by molar-refractivity contribution is 5.80. The largest absolute Gasteiger partial charge is 0.497 e. The molecular formula is C18H19N3O2. The lowest BCUT2D eigenvalue weighted by atomic mass is 10.1. The van der Waals surface area contributed by atoms with Gasteiger partial charge in [0.25, 0.3) is 5.56 Å². The Kier molecular flexibility index (Phi) is 4.02. The lowest BCUT2D eigenvalue weighted by Gasteiger charge is -2.09. The van der Waals surface area contributed by atoms with Crippen molar-refractivity contribution in [3.63, 3.8) is 0 Å². The van der Waals surface area contributed by atoms with Crippen molar-refractivity contribution in [2.75, 3.05) is 12.4 Å². The fourth-order valence-electron chi connectivity index (χ4n) is 2.60. The van der Waals surface area contributed by atoms with Gasteiger partial charge in [-0.05, 0) is 55.1 Å². The summed E-state index contributed by atoms with van der Waals surface area (Å²) in [4.78, 5) is 19.6. The van der Waals surface area contributed by atoms with E-state index in [9.17, 15) is 4.79 Å². The van der Waals surface area contributed by atoms with Crippen LogP contribution < -0.4 is 15.6 Å². The van der Waals surface area contributed by atoms with E-state index in [2.05, 4.69) is 15.3 Å². The summed E-state index contributed by atoms with van der Waals surface area (Å²) < 4.78 is 5.18. The zero-order valence-electron chi connectivity index (χ0n) is 13.4. The minimum Gasteiger partial charge on any atom is -0.497 e. The maximum absolute atomic E-state index is 12.2. The van der Waals surface area contributed by atoms with Crippen LogP contribution in [0.4, 0.5) is 5.82 Å². The van der Waals surface area contributed by atoms with Crippen molar-refractivity contribution >= 4 is 16.7 Å². The van der Waals surface area contributed by atoms with E-state index in [4.69, 9.17) is 4.74 Å². The monoisotopic (exact) mass is 309 g/mol. The van der Waals surface area contributed by atoms with E-state index in [1.54, 1.807) is 7.11 Å². The van der Waals surface area contributed by atoms with Crippen LogP contribution in [0, 0.1) is 13.8 Å². The van der Waals surface area contributed by atoms with Gasteiger partial charge in [0.15, 0.2) is 0 Å². The molecule has 0 atom stereocenters. The second kappa shape index (κ2) is 6.12. The molecule has 0 radical (unpaired) electrons. The van der Waals surface area contributed by atoms with E-state index >= 15 is 0 Å². The molecule has 5 heteroatoms. The molecule has 0 spiro atoms. The van der Waals surface area contributed by atoms with E-state index in [0.717, 1.165) is 33.7 Å². The standard InChI is InChI=1S/C18H19N3O2/c1-11-6-12(2)20-17(7-11)19-10-14-8-13-4-5-15(23-3)9-16(13)21-18(14)22/h4-9H,10H2,1-3H3,(H,19,20)(H,21,22). The molecule has 5 nitrogen and oxygen atoms in total. The van der Waals surface area contributed by atoms with Crippen LogP contribution in [-0.2, 0) is 6.54 Å². The number of nitrogens with one attached hydrogen (secondary N) is 2. The Morgan fingerprint density at radius 2 is 2.00 bits per heavy atom. The highest BCUT2D eigenvalue weighted by Crippen LogP contribution is 2.19. The molecule has 3 aromatic rings. The van der Waals surface area contributed by atoms with Gasteiger partial charge in [-0.3, -0.25) is 4.79 Å². The van der Waals surface area contributed by atoms with Crippen LogP contribution in [-0.4, -0.2) is 17.1 Å². The third-order valence-electron chi connectivity index (χ3n) is 3.69. The van der Waals surface area contributed by atoms with Gasteiger partial charge in [-0.25, -0.2) is 4.98 Å². The van der Waals surface area contributed by atoms with Crippen molar-refractivity contribution in [2.45, 2.75) is 20.4 Å². The van der Waals surface area contributed by atoms with Crippen LogP contribution in [0.25, 0.3) is 10.9 Å². The first-order valence-electron chi connectivity index (χ1n) is 7.44. The number of H-pyrrole nitrogens is 1. The van der Waals surface area contributed by atoms with Gasteiger partial charge < -0.3 is 15.0 Å². The van der Waals surface area contributed by atoms with Crippen molar-refractivity contribution < 1.29 is 4.74 Å². The number of ether oxygens (including phenoxy) is 1. The molecule has 0 aliphatic carbocycles. The molecular weight excluding hydrogens is 290 g/mol. The Morgan fingerprint density at radius 1 is 1.17 bits per heavy atom. The first-order valence-corrected chi connectivity index (χ1v) is 7.44. The van der Waals surface area contributed by atoms with Gasteiger partial charge in [0, 0.05) is 23.9 Å². The van der Waals surface area contributed by atoms with Crippen molar-refractivity contribution in [2.24, 2.45) is 0 Å². The highest BCUT2D eigenvalue weighted by Gasteiger charge is 2.05. The average molecular weight is 309 g/mol. The van der Waals surface area contributed by atoms with Gasteiger partial charge in [-0.1, -0.05) is 0 Å². The molecule has 0 saturated heterocycles. The van der Waals surface area contributed by atoms with Crippen LogP contribution >= 0.6 is 0 Å². The number of aromatic nitrogens is 2. The van der Waals surface area contributed by atoms with Gasteiger partial charge in [0.05, 0.1) is 12.6 Å². The molecule has 0 unspecified atom stereocenters. The third-order valence-corrected chi connectivity index (χ3v) is 3.69. The summed E-state index contributed by atoms with van der Waals surface area (Å²) in [5, 5.41) is 4.18. The number of nitrogens with zero attached hydrogens (tertiary/aromatic N) is 1. The summed E-state index contributed by atoms with van der Waals surface area (Å²) in [6.07, 6.45) is 0. The molecule has 118 valence electrons. The predicted molar refractivity (Wildman–Crippen MR) is 92.2 cm³/mol. The number of fused-ring (bicyclic) bond motifs is 1. The van der Waals surface area contributed by atoms with Gasteiger partial charge >= 0.3 is 0 Å². The van der Waals surface area contributed by atoms with Crippen molar-refractivity contribution in [1.82, 2.24) is 9.97 Å². The molecule has 2 heterocycles. The van der Waals surface area contributed by atoms with Crippen molar-refractivity contribution in [1.29, 1.82) is 0 Å². The quantitative estimate of drug-likeness (QED) is 0.777. The van der Waals surface area contributed by atoms with Crippen LogP contribution in [0.5, 0.6) is 5.75 Å². The van der Waals surface area contributed by atoms with E-state index in [0.29, 0.717) is 12.1 Å².